The van der Waals surface area contributed by atoms with Gasteiger partial charge in [0.25, 0.3) is 15.6 Å². The number of carbonyl (C=O) groups excluding carboxylic acids is 1. The molecule has 2 N–H and O–H groups in total. The Labute approximate surface area is 211 Å². The highest BCUT2D eigenvalue weighted by atomic mass is 35.5. The van der Waals surface area contributed by atoms with Crippen molar-refractivity contribution in [3.8, 4) is 0 Å². The number of sulfonamides is 1. The minimum absolute atomic E-state index is 0.0807. The predicted molar refractivity (Wildman–Crippen MR) is 134 cm³/mol. The Morgan fingerprint density at radius 2 is 1.81 bits per heavy atom. The number of nitrogens with one attached hydrogen (secondary N) is 2. The first kappa shape index (κ1) is 24.0. The van der Waals surface area contributed by atoms with Crippen LogP contribution in [0.4, 0.5) is 4.79 Å². The van der Waals surface area contributed by atoms with E-state index in [4.69, 9.17) is 16.3 Å². The van der Waals surface area contributed by atoms with Gasteiger partial charge in [-0.25, -0.2) is 17.9 Å². The highest BCUT2D eigenvalue weighted by Gasteiger charge is 2.40. The van der Waals surface area contributed by atoms with Crippen molar-refractivity contribution in [2.45, 2.75) is 25.1 Å². The molecule has 36 heavy (non-hydrogen) atoms. The van der Waals surface area contributed by atoms with E-state index in [1.165, 1.54) is 11.0 Å². The number of nitrogens with zero attached hydrogens (tertiary/aromatic N) is 3. The zero-order valence-corrected chi connectivity index (χ0v) is 20.5. The summed E-state index contributed by atoms with van der Waals surface area (Å²) >= 11 is 6.03. The third kappa shape index (κ3) is 5.13. The van der Waals surface area contributed by atoms with Gasteiger partial charge in [-0.15, -0.1) is 0 Å². The number of carbonyl (C=O) groups is 1. The number of rotatable bonds is 8. The molecule has 186 valence electrons. The minimum atomic E-state index is -3.97. The van der Waals surface area contributed by atoms with E-state index in [0.29, 0.717) is 22.6 Å². The molecule has 10 nitrogen and oxygen atoms in total. The van der Waals surface area contributed by atoms with Gasteiger partial charge in [-0.1, -0.05) is 41.9 Å². The Hall–Kier alpha value is -3.67. The van der Waals surface area contributed by atoms with Gasteiger partial charge in [0.05, 0.1) is 30.8 Å². The molecule has 0 saturated carbocycles. The molecule has 12 heteroatoms. The van der Waals surface area contributed by atoms with Gasteiger partial charge in [-0.3, -0.25) is 14.8 Å². The van der Waals surface area contributed by atoms with Crippen LogP contribution in [0.3, 0.4) is 0 Å². The standard InChI is InChI=1S/C24H22ClN5O5S/c25-18-8-9-20-19(11-18)21(28-27-20)12-26-36(33,34)23-15-30(24(32)35-23)14-17-6-4-16(5-7-17)13-29-10-2-1-3-22(29)31/h1-11,23,26H,12-15H2,(H,27,28). The van der Waals surface area contributed by atoms with Crippen molar-refractivity contribution in [1.29, 1.82) is 0 Å². The average molecular weight is 528 g/mol. The lowest BCUT2D eigenvalue weighted by Crippen LogP contribution is -2.36. The Morgan fingerprint density at radius 1 is 1.06 bits per heavy atom. The number of ether oxygens (including phenoxy) is 1. The molecule has 2 aromatic heterocycles. The van der Waals surface area contributed by atoms with Crippen molar-refractivity contribution in [2.75, 3.05) is 6.54 Å². The lowest BCUT2D eigenvalue weighted by atomic mass is 10.1. The summed E-state index contributed by atoms with van der Waals surface area (Å²) in [5.74, 6) is 0. The first-order chi connectivity index (χ1) is 17.3. The summed E-state index contributed by atoms with van der Waals surface area (Å²) in [7, 11) is -3.97. The number of cyclic esters (lactones) is 1. The van der Waals surface area contributed by atoms with Gasteiger partial charge in [0, 0.05) is 29.2 Å². The molecular formula is C24H22ClN5O5S. The highest BCUT2D eigenvalue weighted by molar-refractivity contribution is 7.90. The first-order valence-electron chi connectivity index (χ1n) is 11.1. The van der Waals surface area contributed by atoms with Gasteiger partial charge in [0.2, 0.25) is 5.44 Å². The summed E-state index contributed by atoms with van der Waals surface area (Å²) in [6.45, 7) is 0.430. The van der Waals surface area contributed by atoms with Crippen molar-refractivity contribution < 1.29 is 17.9 Å². The molecule has 0 radical (unpaired) electrons. The molecule has 0 spiro atoms. The summed E-state index contributed by atoms with van der Waals surface area (Å²) in [6, 6.07) is 17.6. The van der Waals surface area contributed by atoms with Crippen LogP contribution in [0, 0.1) is 0 Å². The van der Waals surface area contributed by atoms with Crippen molar-refractivity contribution in [3.63, 3.8) is 0 Å². The maximum absolute atomic E-state index is 12.8. The van der Waals surface area contributed by atoms with Crippen molar-refractivity contribution >= 4 is 38.6 Å². The SMILES string of the molecule is O=C1OC(S(=O)(=O)NCc2n[nH]c3ccc(Cl)cc23)CN1Cc1ccc(Cn2ccccc2=O)cc1. The second-order valence-electron chi connectivity index (χ2n) is 8.40. The molecule has 1 amide bonds. The number of H-pyrrole nitrogens is 1. The summed E-state index contributed by atoms with van der Waals surface area (Å²) in [4.78, 5) is 25.6. The third-order valence-electron chi connectivity index (χ3n) is 5.90. The first-order valence-corrected chi connectivity index (χ1v) is 13.0. The maximum atomic E-state index is 12.8. The van der Waals surface area contributed by atoms with Crippen LogP contribution in [-0.2, 0) is 34.4 Å². The molecule has 1 fully saturated rings. The molecule has 3 heterocycles. The van der Waals surface area contributed by atoms with Crippen molar-refractivity contribution in [1.82, 2.24) is 24.4 Å². The Kier molecular flexibility index (Phi) is 6.52. The highest BCUT2D eigenvalue weighted by Crippen LogP contribution is 2.22. The van der Waals surface area contributed by atoms with E-state index >= 15 is 0 Å². The topological polar surface area (TPSA) is 126 Å². The second-order valence-corrected chi connectivity index (χ2v) is 10.7. The molecule has 1 saturated heterocycles. The fraction of sp³-hybridized carbons (Fsp3) is 0.208. The van der Waals surface area contributed by atoms with E-state index in [0.717, 1.165) is 16.6 Å². The van der Waals surface area contributed by atoms with Gasteiger partial charge in [-0.05, 0) is 35.4 Å². The Bertz CT molecular complexity index is 1580. The molecule has 1 aliphatic heterocycles. The van der Waals surface area contributed by atoms with Crippen molar-refractivity contribution in [2.24, 2.45) is 0 Å². The number of aromatic amines is 1. The lowest BCUT2D eigenvalue weighted by molar-refractivity contribution is 0.149. The fourth-order valence-electron chi connectivity index (χ4n) is 3.97. The fourth-order valence-corrected chi connectivity index (χ4v) is 5.25. The summed E-state index contributed by atoms with van der Waals surface area (Å²) in [5.41, 5.74) is 1.51. The van der Waals surface area contributed by atoms with Gasteiger partial charge < -0.3 is 9.30 Å². The molecule has 0 aliphatic carbocycles. The van der Waals surface area contributed by atoms with E-state index in [-0.39, 0.29) is 25.2 Å². The van der Waals surface area contributed by atoms with Crippen LogP contribution in [-0.4, -0.2) is 46.2 Å². The van der Waals surface area contributed by atoms with E-state index in [1.54, 1.807) is 41.1 Å². The number of aromatic nitrogens is 3. The number of amides is 1. The Morgan fingerprint density at radius 3 is 2.56 bits per heavy atom. The third-order valence-corrected chi connectivity index (χ3v) is 7.62. The summed E-state index contributed by atoms with van der Waals surface area (Å²) in [6.07, 6.45) is 1.01. The van der Waals surface area contributed by atoms with Crippen molar-refractivity contribution in [3.05, 3.63) is 99.1 Å². The normalized spacial score (nSPS) is 16.0. The molecule has 0 bridgehead atoms. The zero-order chi connectivity index (χ0) is 25.3. The molecule has 2 aromatic carbocycles. The van der Waals surface area contributed by atoms with Crippen LogP contribution in [0.5, 0.6) is 0 Å². The molecular weight excluding hydrogens is 506 g/mol. The summed E-state index contributed by atoms with van der Waals surface area (Å²) < 4.78 is 34.8. The lowest BCUT2D eigenvalue weighted by Gasteiger charge is -2.14. The molecule has 4 aromatic rings. The zero-order valence-electron chi connectivity index (χ0n) is 18.9. The van der Waals surface area contributed by atoms with E-state index in [9.17, 15) is 18.0 Å². The van der Waals surface area contributed by atoms with E-state index < -0.39 is 21.6 Å². The number of hydrogen-bond acceptors (Lipinski definition) is 6. The van der Waals surface area contributed by atoms with Crippen LogP contribution in [0.25, 0.3) is 10.9 Å². The van der Waals surface area contributed by atoms with Crippen LogP contribution in [0.2, 0.25) is 5.02 Å². The molecule has 1 aliphatic rings. The second kappa shape index (κ2) is 9.76. The monoisotopic (exact) mass is 527 g/mol. The van der Waals surface area contributed by atoms with Crippen LogP contribution < -0.4 is 10.3 Å². The summed E-state index contributed by atoms with van der Waals surface area (Å²) in [5, 5.41) is 8.19. The maximum Gasteiger partial charge on any atom is 0.411 e. The predicted octanol–water partition coefficient (Wildman–Crippen LogP) is 2.82. The van der Waals surface area contributed by atoms with Crippen LogP contribution in [0.1, 0.15) is 16.8 Å². The smallest absolute Gasteiger partial charge is 0.411 e. The molecule has 5 rings (SSSR count). The van der Waals surface area contributed by atoms with Crippen LogP contribution in [0.15, 0.2) is 71.7 Å². The Balaban J connectivity index is 1.20. The van der Waals surface area contributed by atoms with Gasteiger partial charge in [0.1, 0.15) is 0 Å². The number of fused-ring (bicyclic) bond motifs is 1. The number of pyridine rings is 1. The average Bonchev–Trinajstić information content (AvgIpc) is 3.44. The number of hydrogen-bond donors (Lipinski definition) is 2. The minimum Gasteiger partial charge on any atom is -0.426 e. The number of halogens is 1. The van der Waals surface area contributed by atoms with E-state index in [1.807, 2.05) is 24.3 Å². The number of benzene rings is 2. The van der Waals surface area contributed by atoms with Gasteiger partial charge >= 0.3 is 6.09 Å². The molecule has 1 unspecified atom stereocenters. The van der Waals surface area contributed by atoms with Crippen LogP contribution >= 0.6 is 11.6 Å². The van der Waals surface area contributed by atoms with Gasteiger partial charge in [-0.2, -0.15) is 5.10 Å². The van der Waals surface area contributed by atoms with Gasteiger partial charge in [0.15, 0.2) is 0 Å². The molecule has 1 atom stereocenters. The van der Waals surface area contributed by atoms with E-state index in [2.05, 4.69) is 14.9 Å². The quantitative estimate of drug-likeness (QED) is 0.363. The largest absolute Gasteiger partial charge is 0.426 e.